The average molecular weight is 348 g/mol. The van der Waals surface area contributed by atoms with Gasteiger partial charge in [-0.25, -0.2) is 0 Å². The summed E-state index contributed by atoms with van der Waals surface area (Å²) < 4.78 is 5.30. The van der Waals surface area contributed by atoms with Crippen molar-refractivity contribution in [2.45, 2.75) is 19.8 Å². The van der Waals surface area contributed by atoms with Crippen LogP contribution in [0.1, 0.15) is 40.5 Å². The zero-order chi connectivity index (χ0) is 18.1. The van der Waals surface area contributed by atoms with Crippen molar-refractivity contribution in [2.75, 3.05) is 53.0 Å². The smallest absolute Gasteiger partial charge is 0.255 e. The predicted octanol–water partition coefficient (Wildman–Crippen LogP) is 1.02. The minimum atomic E-state index is -0.202. The second kappa shape index (κ2) is 10.1. The van der Waals surface area contributed by atoms with Gasteiger partial charge in [-0.15, -0.1) is 0 Å². The van der Waals surface area contributed by atoms with Gasteiger partial charge in [-0.3, -0.25) is 19.5 Å². The molecule has 138 valence electrons. The highest BCUT2D eigenvalue weighted by molar-refractivity contribution is 5.99. The highest BCUT2D eigenvalue weighted by Crippen LogP contribution is 2.07. The maximum atomic E-state index is 12.4. The lowest BCUT2D eigenvalue weighted by Crippen LogP contribution is -2.41. The zero-order valence-electron chi connectivity index (χ0n) is 15.2. The molecule has 2 amide bonds. The lowest BCUT2D eigenvalue weighted by atomic mass is 10.1. The lowest BCUT2D eigenvalue weighted by Gasteiger charge is -2.26. The van der Waals surface area contributed by atoms with E-state index in [2.05, 4.69) is 22.1 Å². The number of unbranched alkanes of at least 4 members (excludes halogenated alkanes) is 1. The Morgan fingerprint density at radius 1 is 1.28 bits per heavy atom. The van der Waals surface area contributed by atoms with Crippen LogP contribution in [0.3, 0.4) is 0 Å². The summed E-state index contributed by atoms with van der Waals surface area (Å²) in [6, 6.07) is 1.61. The molecule has 0 aliphatic carbocycles. The standard InChI is InChI=1S/C18H28N4O3/c1-3-4-6-21(2)18(24)16-12-15(13-19-14-16)17(23)20-5-7-22-8-10-25-11-9-22/h12-14H,3-11H2,1-2H3,(H,20,23). The molecular weight excluding hydrogens is 320 g/mol. The Labute approximate surface area is 149 Å². The van der Waals surface area contributed by atoms with Gasteiger partial charge in [0, 0.05) is 52.2 Å². The van der Waals surface area contributed by atoms with Gasteiger partial charge in [0.25, 0.3) is 11.8 Å². The Bertz CT molecular complexity index is 573. The summed E-state index contributed by atoms with van der Waals surface area (Å²) in [6.07, 6.45) is 4.99. The maximum absolute atomic E-state index is 12.4. The van der Waals surface area contributed by atoms with Crippen LogP contribution in [0.5, 0.6) is 0 Å². The number of ether oxygens (including phenoxy) is 1. The van der Waals surface area contributed by atoms with Crippen LogP contribution in [0.2, 0.25) is 0 Å². The first-order valence-electron chi connectivity index (χ1n) is 8.90. The van der Waals surface area contributed by atoms with Crippen molar-refractivity contribution in [3.05, 3.63) is 29.6 Å². The molecule has 1 saturated heterocycles. The van der Waals surface area contributed by atoms with E-state index in [4.69, 9.17) is 4.74 Å². The number of nitrogens with one attached hydrogen (secondary N) is 1. The molecule has 1 fully saturated rings. The molecule has 7 nitrogen and oxygen atoms in total. The first-order chi connectivity index (χ1) is 12.1. The summed E-state index contributed by atoms with van der Waals surface area (Å²) in [5.74, 6) is -0.310. The van der Waals surface area contributed by atoms with E-state index in [1.807, 2.05) is 0 Å². The maximum Gasteiger partial charge on any atom is 0.255 e. The van der Waals surface area contributed by atoms with Crippen molar-refractivity contribution in [3.63, 3.8) is 0 Å². The van der Waals surface area contributed by atoms with Crippen molar-refractivity contribution < 1.29 is 14.3 Å². The normalized spacial score (nSPS) is 15.0. The summed E-state index contributed by atoms with van der Waals surface area (Å²) in [7, 11) is 1.77. The van der Waals surface area contributed by atoms with Crippen LogP contribution in [-0.4, -0.2) is 79.6 Å². The average Bonchev–Trinajstić information content (AvgIpc) is 2.66. The molecule has 0 aromatic carbocycles. The molecule has 0 saturated carbocycles. The molecule has 0 spiro atoms. The highest BCUT2D eigenvalue weighted by atomic mass is 16.5. The Kier molecular flexibility index (Phi) is 7.81. The topological polar surface area (TPSA) is 74.8 Å². The molecule has 0 radical (unpaired) electrons. The largest absolute Gasteiger partial charge is 0.379 e. The highest BCUT2D eigenvalue weighted by Gasteiger charge is 2.15. The summed E-state index contributed by atoms with van der Waals surface area (Å²) in [6.45, 7) is 7.42. The van der Waals surface area contributed by atoms with Gasteiger partial charge in [0.1, 0.15) is 0 Å². The zero-order valence-corrected chi connectivity index (χ0v) is 15.2. The number of rotatable bonds is 8. The fourth-order valence-electron chi connectivity index (χ4n) is 2.65. The molecule has 1 N–H and O–H groups in total. The number of aromatic nitrogens is 1. The quantitative estimate of drug-likeness (QED) is 0.759. The summed E-state index contributed by atoms with van der Waals surface area (Å²) >= 11 is 0. The SMILES string of the molecule is CCCCN(C)C(=O)c1cncc(C(=O)NCCN2CCOCC2)c1. The van der Waals surface area contributed by atoms with Crippen LogP contribution in [0, 0.1) is 0 Å². The molecule has 1 aromatic heterocycles. The number of hydrogen-bond acceptors (Lipinski definition) is 5. The van der Waals surface area contributed by atoms with Crippen molar-refractivity contribution in [2.24, 2.45) is 0 Å². The van der Waals surface area contributed by atoms with Crippen LogP contribution in [0.25, 0.3) is 0 Å². The molecular formula is C18H28N4O3. The third-order valence-corrected chi connectivity index (χ3v) is 4.26. The Morgan fingerprint density at radius 3 is 2.72 bits per heavy atom. The van der Waals surface area contributed by atoms with E-state index in [1.165, 1.54) is 12.4 Å². The fourth-order valence-corrected chi connectivity index (χ4v) is 2.65. The molecule has 1 aliphatic rings. The van der Waals surface area contributed by atoms with Crippen LogP contribution >= 0.6 is 0 Å². The van der Waals surface area contributed by atoms with E-state index in [0.717, 1.165) is 45.7 Å². The van der Waals surface area contributed by atoms with Gasteiger partial charge in [0.2, 0.25) is 0 Å². The Balaban J connectivity index is 1.86. The number of amides is 2. The van der Waals surface area contributed by atoms with E-state index in [-0.39, 0.29) is 11.8 Å². The van der Waals surface area contributed by atoms with Crippen molar-refractivity contribution >= 4 is 11.8 Å². The molecule has 7 heteroatoms. The Hall–Kier alpha value is -1.99. The van der Waals surface area contributed by atoms with Crippen molar-refractivity contribution in [1.82, 2.24) is 20.1 Å². The number of carbonyl (C=O) groups is 2. The minimum Gasteiger partial charge on any atom is -0.379 e. The lowest BCUT2D eigenvalue weighted by molar-refractivity contribution is 0.0383. The minimum absolute atomic E-state index is 0.107. The molecule has 1 aliphatic heterocycles. The van der Waals surface area contributed by atoms with Crippen molar-refractivity contribution in [1.29, 1.82) is 0 Å². The van der Waals surface area contributed by atoms with E-state index >= 15 is 0 Å². The molecule has 0 atom stereocenters. The molecule has 2 heterocycles. The summed E-state index contributed by atoms with van der Waals surface area (Å²) in [4.78, 5) is 32.6. The molecule has 1 aromatic rings. The molecule has 0 bridgehead atoms. The van der Waals surface area contributed by atoms with Crippen molar-refractivity contribution in [3.8, 4) is 0 Å². The number of hydrogen-bond donors (Lipinski definition) is 1. The third kappa shape index (κ3) is 6.10. The van der Waals surface area contributed by atoms with E-state index in [1.54, 1.807) is 18.0 Å². The van der Waals surface area contributed by atoms with E-state index < -0.39 is 0 Å². The number of nitrogens with zero attached hydrogens (tertiary/aromatic N) is 3. The van der Waals surface area contributed by atoms with Gasteiger partial charge in [-0.2, -0.15) is 0 Å². The summed E-state index contributed by atoms with van der Waals surface area (Å²) in [5, 5.41) is 2.89. The second-order valence-electron chi connectivity index (χ2n) is 6.25. The van der Waals surface area contributed by atoms with Crippen LogP contribution in [0.4, 0.5) is 0 Å². The second-order valence-corrected chi connectivity index (χ2v) is 6.25. The van der Waals surface area contributed by atoms with Crippen LogP contribution in [0.15, 0.2) is 18.5 Å². The van der Waals surface area contributed by atoms with Gasteiger partial charge < -0.3 is 15.0 Å². The van der Waals surface area contributed by atoms with E-state index in [0.29, 0.717) is 24.2 Å². The number of carbonyl (C=O) groups excluding carboxylic acids is 2. The fraction of sp³-hybridized carbons (Fsp3) is 0.611. The van der Waals surface area contributed by atoms with Crippen LogP contribution in [-0.2, 0) is 4.74 Å². The van der Waals surface area contributed by atoms with Gasteiger partial charge in [-0.1, -0.05) is 13.3 Å². The Morgan fingerprint density at radius 2 is 2.00 bits per heavy atom. The monoisotopic (exact) mass is 348 g/mol. The van der Waals surface area contributed by atoms with Gasteiger partial charge in [0.15, 0.2) is 0 Å². The first kappa shape index (κ1) is 19.3. The summed E-state index contributed by atoms with van der Waals surface area (Å²) in [5.41, 5.74) is 0.858. The predicted molar refractivity (Wildman–Crippen MR) is 95.7 cm³/mol. The molecule has 0 unspecified atom stereocenters. The number of pyridine rings is 1. The molecule has 25 heavy (non-hydrogen) atoms. The van der Waals surface area contributed by atoms with Gasteiger partial charge in [0.05, 0.1) is 24.3 Å². The van der Waals surface area contributed by atoms with E-state index in [9.17, 15) is 9.59 Å². The number of morpholine rings is 1. The molecule has 2 rings (SSSR count). The van der Waals surface area contributed by atoms with Gasteiger partial charge in [-0.05, 0) is 12.5 Å². The first-order valence-corrected chi connectivity index (χ1v) is 8.90. The van der Waals surface area contributed by atoms with Crippen LogP contribution < -0.4 is 5.32 Å². The third-order valence-electron chi connectivity index (χ3n) is 4.26. The van der Waals surface area contributed by atoms with Gasteiger partial charge >= 0.3 is 0 Å².